The Balaban J connectivity index is 1.92. The van der Waals surface area contributed by atoms with Gasteiger partial charge in [-0.2, -0.15) is 5.26 Å². The van der Waals surface area contributed by atoms with Crippen molar-refractivity contribution in [3.63, 3.8) is 0 Å². The van der Waals surface area contributed by atoms with Gasteiger partial charge in [-0.1, -0.05) is 31.9 Å². The molecule has 2 nitrogen and oxygen atoms in total. The van der Waals surface area contributed by atoms with Crippen molar-refractivity contribution in [3.05, 3.63) is 29.8 Å². The van der Waals surface area contributed by atoms with Crippen LogP contribution in [0.3, 0.4) is 0 Å². The molecule has 90 valence electrons. The van der Waals surface area contributed by atoms with Crippen molar-refractivity contribution in [1.29, 1.82) is 5.26 Å². The van der Waals surface area contributed by atoms with Gasteiger partial charge in [-0.3, -0.25) is 0 Å². The molecule has 1 aromatic rings. The van der Waals surface area contributed by atoms with Crippen LogP contribution in [0.2, 0.25) is 0 Å². The molecule has 1 N–H and O–H groups in total. The molecule has 1 fully saturated rings. The van der Waals surface area contributed by atoms with E-state index in [-0.39, 0.29) is 0 Å². The molecule has 1 saturated carbocycles. The van der Waals surface area contributed by atoms with Gasteiger partial charge in [0.1, 0.15) is 0 Å². The molecule has 0 aromatic heterocycles. The molecule has 0 spiro atoms. The minimum Gasteiger partial charge on any atom is -0.382 e. The highest BCUT2D eigenvalue weighted by Gasteiger charge is 2.18. The zero-order chi connectivity index (χ0) is 12.1. The maximum atomic E-state index is 8.61. The second-order valence-electron chi connectivity index (χ2n) is 5.14. The lowest BCUT2D eigenvalue weighted by Gasteiger charge is -2.28. The number of nitrogens with zero attached hydrogens (tertiary/aromatic N) is 1. The normalized spacial score (nSPS) is 24.0. The summed E-state index contributed by atoms with van der Waals surface area (Å²) >= 11 is 0. The van der Waals surface area contributed by atoms with Crippen LogP contribution in [0.25, 0.3) is 0 Å². The monoisotopic (exact) mass is 228 g/mol. The lowest BCUT2D eigenvalue weighted by Crippen LogP contribution is -2.26. The molecule has 0 aliphatic heterocycles. The van der Waals surface area contributed by atoms with Crippen LogP contribution < -0.4 is 5.32 Å². The van der Waals surface area contributed by atoms with Crippen molar-refractivity contribution < 1.29 is 0 Å². The predicted octanol–water partition coefficient (Wildman–Crippen LogP) is 3.74. The first-order valence-corrected chi connectivity index (χ1v) is 6.50. The Morgan fingerprint density at radius 1 is 1.29 bits per heavy atom. The van der Waals surface area contributed by atoms with Gasteiger partial charge in [-0.05, 0) is 36.5 Å². The highest BCUT2D eigenvalue weighted by molar-refractivity contribution is 5.45. The first-order chi connectivity index (χ1) is 8.28. The van der Waals surface area contributed by atoms with E-state index < -0.39 is 0 Å². The molecule has 0 amide bonds. The van der Waals surface area contributed by atoms with E-state index in [4.69, 9.17) is 5.26 Å². The molecule has 17 heavy (non-hydrogen) atoms. The topological polar surface area (TPSA) is 35.8 Å². The van der Waals surface area contributed by atoms with Crippen molar-refractivity contribution in [1.82, 2.24) is 0 Å². The van der Waals surface area contributed by atoms with Crippen molar-refractivity contribution in [2.45, 2.75) is 45.1 Å². The van der Waals surface area contributed by atoms with Gasteiger partial charge in [0, 0.05) is 11.7 Å². The van der Waals surface area contributed by atoms with E-state index >= 15 is 0 Å². The van der Waals surface area contributed by atoms with Crippen LogP contribution in [0.4, 0.5) is 5.69 Å². The van der Waals surface area contributed by atoms with Crippen molar-refractivity contribution in [2.24, 2.45) is 5.92 Å². The van der Waals surface area contributed by atoms with E-state index in [2.05, 4.69) is 30.4 Å². The number of rotatable bonds is 3. The molecule has 2 rings (SSSR count). The van der Waals surface area contributed by atoms with E-state index in [1.165, 1.54) is 31.4 Å². The van der Waals surface area contributed by atoms with E-state index in [9.17, 15) is 0 Å². The van der Waals surface area contributed by atoms with Crippen molar-refractivity contribution in [2.75, 3.05) is 5.32 Å². The maximum absolute atomic E-state index is 8.61. The molecule has 0 saturated heterocycles. The van der Waals surface area contributed by atoms with Crippen LogP contribution in [0.5, 0.6) is 0 Å². The first kappa shape index (κ1) is 12.0. The van der Waals surface area contributed by atoms with Crippen LogP contribution in [0, 0.1) is 17.2 Å². The average molecular weight is 228 g/mol. The van der Waals surface area contributed by atoms with E-state index in [1.54, 1.807) is 0 Å². The maximum Gasteiger partial charge on any atom is 0.0669 e. The molecule has 0 heterocycles. The van der Waals surface area contributed by atoms with Crippen molar-refractivity contribution >= 4 is 5.69 Å². The number of hydrogen-bond donors (Lipinski definition) is 1. The SMILES string of the molecule is CC1CCCC(Nc2ccc(CC#N)cc2)C1. The van der Waals surface area contributed by atoms with Gasteiger partial charge in [0.25, 0.3) is 0 Å². The summed E-state index contributed by atoms with van der Waals surface area (Å²) in [6.45, 7) is 2.34. The van der Waals surface area contributed by atoms with Crippen LogP contribution in [0.1, 0.15) is 38.2 Å². The predicted molar refractivity (Wildman–Crippen MR) is 70.8 cm³/mol. The van der Waals surface area contributed by atoms with Gasteiger partial charge in [0.2, 0.25) is 0 Å². The Morgan fingerprint density at radius 3 is 2.71 bits per heavy atom. The zero-order valence-electron chi connectivity index (χ0n) is 10.4. The largest absolute Gasteiger partial charge is 0.382 e. The smallest absolute Gasteiger partial charge is 0.0669 e. The molecule has 0 bridgehead atoms. The Bertz CT molecular complexity index is 388. The number of benzene rings is 1. The number of anilines is 1. The van der Waals surface area contributed by atoms with Crippen molar-refractivity contribution in [3.8, 4) is 6.07 Å². The lowest BCUT2D eigenvalue weighted by atomic mass is 9.87. The highest BCUT2D eigenvalue weighted by atomic mass is 14.9. The number of nitriles is 1. The Labute approximate surface area is 104 Å². The Kier molecular flexibility index (Phi) is 4.03. The van der Waals surface area contributed by atoms with Crippen LogP contribution in [-0.4, -0.2) is 6.04 Å². The van der Waals surface area contributed by atoms with Crippen LogP contribution >= 0.6 is 0 Å². The molecule has 1 aliphatic rings. The average Bonchev–Trinajstić information content (AvgIpc) is 2.32. The Hall–Kier alpha value is -1.49. The second kappa shape index (κ2) is 5.72. The summed E-state index contributed by atoms with van der Waals surface area (Å²) in [6, 6.07) is 11.1. The number of nitrogens with one attached hydrogen (secondary N) is 1. The fourth-order valence-corrected chi connectivity index (χ4v) is 2.61. The van der Waals surface area contributed by atoms with Gasteiger partial charge in [-0.25, -0.2) is 0 Å². The summed E-state index contributed by atoms with van der Waals surface area (Å²) in [5, 5.41) is 12.2. The Morgan fingerprint density at radius 2 is 2.06 bits per heavy atom. The fraction of sp³-hybridized carbons (Fsp3) is 0.533. The summed E-state index contributed by atoms with van der Waals surface area (Å²) in [6.07, 6.45) is 5.77. The van der Waals surface area contributed by atoms with Gasteiger partial charge >= 0.3 is 0 Å². The summed E-state index contributed by atoms with van der Waals surface area (Å²) < 4.78 is 0. The lowest BCUT2D eigenvalue weighted by molar-refractivity contribution is 0.358. The third-order valence-corrected chi connectivity index (χ3v) is 3.54. The highest BCUT2D eigenvalue weighted by Crippen LogP contribution is 2.26. The molecule has 2 heteroatoms. The third-order valence-electron chi connectivity index (χ3n) is 3.54. The molecule has 1 aliphatic carbocycles. The zero-order valence-corrected chi connectivity index (χ0v) is 10.4. The number of hydrogen-bond acceptors (Lipinski definition) is 2. The standard InChI is InChI=1S/C15H20N2/c1-12-3-2-4-15(11-12)17-14-7-5-13(6-8-14)9-10-16/h5-8,12,15,17H,2-4,9,11H2,1H3. The molecule has 2 atom stereocenters. The molecule has 2 unspecified atom stereocenters. The van der Waals surface area contributed by atoms with Crippen LogP contribution in [0.15, 0.2) is 24.3 Å². The molecular formula is C15H20N2. The molecule has 0 radical (unpaired) electrons. The van der Waals surface area contributed by atoms with Gasteiger partial charge in [-0.15, -0.1) is 0 Å². The van der Waals surface area contributed by atoms with E-state index in [0.29, 0.717) is 12.5 Å². The van der Waals surface area contributed by atoms with Gasteiger partial charge in [0.15, 0.2) is 0 Å². The molecular weight excluding hydrogens is 208 g/mol. The summed E-state index contributed by atoms with van der Waals surface area (Å²) in [7, 11) is 0. The fourth-order valence-electron chi connectivity index (χ4n) is 2.61. The molecule has 1 aromatic carbocycles. The minimum atomic E-state index is 0.501. The summed E-state index contributed by atoms with van der Waals surface area (Å²) in [5.41, 5.74) is 2.28. The third kappa shape index (κ3) is 3.49. The van der Waals surface area contributed by atoms with Gasteiger partial charge < -0.3 is 5.32 Å². The summed E-state index contributed by atoms with van der Waals surface area (Å²) in [4.78, 5) is 0. The minimum absolute atomic E-state index is 0.501. The van der Waals surface area contributed by atoms with Crippen LogP contribution in [-0.2, 0) is 6.42 Å². The second-order valence-corrected chi connectivity index (χ2v) is 5.14. The first-order valence-electron chi connectivity index (χ1n) is 6.50. The van der Waals surface area contributed by atoms with E-state index in [0.717, 1.165) is 11.5 Å². The summed E-state index contributed by atoms with van der Waals surface area (Å²) in [5.74, 6) is 0.846. The quantitative estimate of drug-likeness (QED) is 0.855. The van der Waals surface area contributed by atoms with Gasteiger partial charge in [0.05, 0.1) is 12.5 Å². The van der Waals surface area contributed by atoms with E-state index in [1.807, 2.05) is 12.1 Å².